The maximum absolute atomic E-state index is 13.3. The summed E-state index contributed by atoms with van der Waals surface area (Å²) in [5.41, 5.74) is 3.48. The van der Waals surface area contributed by atoms with Crippen molar-refractivity contribution in [3.63, 3.8) is 0 Å². The van der Waals surface area contributed by atoms with Gasteiger partial charge in [-0.05, 0) is 69.1 Å². The molecule has 1 heterocycles. The number of anilines is 1. The van der Waals surface area contributed by atoms with E-state index in [1.807, 2.05) is 12.1 Å². The van der Waals surface area contributed by atoms with Gasteiger partial charge in [0.15, 0.2) is 5.43 Å². The molecule has 0 radical (unpaired) electrons. The Morgan fingerprint density at radius 1 is 0.967 bits per heavy atom. The lowest BCUT2D eigenvalue weighted by molar-refractivity contribution is 0.275. The molecule has 0 amide bonds. The molecule has 164 valence electrons. The van der Waals surface area contributed by atoms with Crippen molar-refractivity contribution in [1.82, 2.24) is 4.90 Å². The van der Waals surface area contributed by atoms with Crippen molar-refractivity contribution in [2.75, 3.05) is 31.5 Å². The fourth-order valence-corrected chi connectivity index (χ4v) is 5.05. The fraction of sp³-hybridized carbons (Fsp3) is 0.480. The lowest BCUT2D eigenvalue weighted by Gasteiger charge is -2.22. The SMILES string of the molecule is CCCCN(CCCC)CCNc1ccc(C)c2sc3cc(C)ccc3c(=O)c12.Cl. The quantitative estimate of drug-likeness (QED) is 0.349. The number of hydrogen-bond donors (Lipinski definition) is 1. The normalized spacial score (nSPS) is 11.2. The van der Waals surface area contributed by atoms with E-state index in [-0.39, 0.29) is 17.8 Å². The highest BCUT2D eigenvalue weighted by molar-refractivity contribution is 7.24. The van der Waals surface area contributed by atoms with E-state index >= 15 is 0 Å². The Morgan fingerprint density at radius 2 is 1.67 bits per heavy atom. The smallest absolute Gasteiger partial charge is 0.197 e. The molecular weight excluding hydrogens is 412 g/mol. The monoisotopic (exact) mass is 446 g/mol. The van der Waals surface area contributed by atoms with E-state index in [0.717, 1.165) is 52.0 Å². The van der Waals surface area contributed by atoms with Crippen LogP contribution in [0.4, 0.5) is 5.69 Å². The molecule has 3 nitrogen and oxygen atoms in total. The summed E-state index contributed by atoms with van der Waals surface area (Å²) in [6, 6.07) is 10.3. The van der Waals surface area contributed by atoms with Crippen LogP contribution in [-0.2, 0) is 0 Å². The second kappa shape index (κ2) is 11.7. The largest absolute Gasteiger partial charge is 0.383 e. The minimum Gasteiger partial charge on any atom is -0.383 e. The van der Waals surface area contributed by atoms with Crippen molar-refractivity contribution < 1.29 is 0 Å². The molecule has 0 aliphatic heterocycles. The van der Waals surface area contributed by atoms with Gasteiger partial charge in [0.05, 0.1) is 5.39 Å². The summed E-state index contributed by atoms with van der Waals surface area (Å²) in [6.45, 7) is 12.9. The summed E-state index contributed by atoms with van der Waals surface area (Å²) in [4.78, 5) is 15.9. The lowest BCUT2D eigenvalue weighted by atomic mass is 10.1. The molecule has 30 heavy (non-hydrogen) atoms. The van der Waals surface area contributed by atoms with Crippen molar-refractivity contribution in [2.45, 2.75) is 53.4 Å². The summed E-state index contributed by atoms with van der Waals surface area (Å²) < 4.78 is 2.18. The van der Waals surface area contributed by atoms with Crippen LogP contribution in [0.25, 0.3) is 20.2 Å². The average molecular weight is 447 g/mol. The van der Waals surface area contributed by atoms with Crippen LogP contribution in [0, 0.1) is 13.8 Å². The Labute approximate surface area is 190 Å². The van der Waals surface area contributed by atoms with Gasteiger partial charge in [0.1, 0.15) is 0 Å². The molecule has 1 N–H and O–H groups in total. The van der Waals surface area contributed by atoms with Crippen molar-refractivity contribution in [2.24, 2.45) is 0 Å². The van der Waals surface area contributed by atoms with Gasteiger partial charge in [-0.25, -0.2) is 0 Å². The van der Waals surface area contributed by atoms with Crippen LogP contribution in [0.5, 0.6) is 0 Å². The van der Waals surface area contributed by atoms with E-state index < -0.39 is 0 Å². The summed E-state index contributed by atoms with van der Waals surface area (Å²) in [7, 11) is 0. The number of benzene rings is 2. The van der Waals surface area contributed by atoms with E-state index in [4.69, 9.17) is 0 Å². The first-order chi connectivity index (χ1) is 14.0. The fourth-order valence-electron chi connectivity index (χ4n) is 3.78. The maximum atomic E-state index is 13.3. The molecule has 3 rings (SSSR count). The molecular formula is C25H35ClN2OS. The first kappa shape index (κ1) is 24.6. The number of nitrogens with zero attached hydrogens (tertiary/aromatic N) is 1. The van der Waals surface area contributed by atoms with Crippen LogP contribution < -0.4 is 10.7 Å². The number of halogens is 1. The topological polar surface area (TPSA) is 32.3 Å². The van der Waals surface area contributed by atoms with Gasteiger partial charge in [-0.15, -0.1) is 23.7 Å². The van der Waals surface area contributed by atoms with Crippen LogP contribution in [0.1, 0.15) is 50.7 Å². The van der Waals surface area contributed by atoms with Crippen molar-refractivity contribution in [3.8, 4) is 0 Å². The predicted molar refractivity (Wildman–Crippen MR) is 137 cm³/mol. The molecule has 0 saturated carbocycles. The zero-order valence-corrected chi connectivity index (χ0v) is 20.3. The minimum absolute atomic E-state index is 0. The molecule has 2 aromatic carbocycles. The minimum atomic E-state index is 0. The summed E-state index contributed by atoms with van der Waals surface area (Å²) in [5.74, 6) is 0. The van der Waals surface area contributed by atoms with E-state index in [2.05, 4.69) is 56.1 Å². The average Bonchev–Trinajstić information content (AvgIpc) is 2.71. The zero-order chi connectivity index (χ0) is 20.8. The van der Waals surface area contributed by atoms with Crippen molar-refractivity contribution in [3.05, 3.63) is 51.7 Å². The third-order valence-electron chi connectivity index (χ3n) is 5.57. The molecule has 0 fully saturated rings. The molecule has 1 aromatic heterocycles. The van der Waals surface area contributed by atoms with Gasteiger partial charge in [-0.1, -0.05) is 38.8 Å². The summed E-state index contributed by atoms with van der Waals surface area (Å²) in [5, 5.41) is 5.26. The Bertz CT molecular complexity index is 1020. The highest BCUT2D eigenvalue weighted by atomic mass is 35.5. The first-order valence-electron chi connectivity index (χ1n) is 11.0. The Balaban J connectivity index is 0.00000320. The number of aryl methyl sites for hydroxylation is 2. The second-order valence-corrected chi connectivity index (χ2v) is 9.09. The van der Waals surface area contributed by atoms with Gasteiger partial charge in [0.25, 0.3) is 0 Å². The van der Waals surface area contributed by atoms with Gasteiger partial charge in [0, 0.05) is 33.6 Å². The van der Waals surface area contributed by atoms with Crippen molar-refractivity contribution >= 4 is 49.6 Å². The van der Waals surface area contributed by atoms with Gasteiger partial charge < -0.3 is 10.2 Å². The van der Waals surface area contributed by atoms with Crippen LogP contribution in [0.3, 0.4) is 0 Å². The number of rotatable bonds is 10. The summed E-state index contributed by atoms with van der Waals surface area (Å²) in [6.07, 6.45) is 4.95. The molecule has 0 aliphatic carbocycles. The first-order valence-corrected chi connectivity index (χ1v) is 11.8. The Hall–Kier alpha value is -1.62. The van der Waals surface area contributed by atoms with Crippen molar-refractivity contribution in [1.29, 1.82) is 0 Å². The van der Waals surface area contributed by atoms with Gasteiger partial charge in [0.2, 0.25) is 0 Å². The Kier molecular flexibility index (Phi) is 9.60. The standard InChI is InChI=1S/C25H34N2OS.ClH/c1-5-7-14-27(15-8-6-2)16-13-26-21-12-10-19(4)25-23(21)24(28)20-11-9-18(3)17-22(20)29-25;/h9-12,17,26H,5-8,13-16H2,1-4H3;1H. The van der Waals surface area contributed by atoms with Crippen LogP contribution in [0.2, 0.25) is 0 Å². The van der Waals surface area contributed by atoms with Crippen LogP contribution in [-0.4, -0.2) is 31.1 Å². The van der Waals surface area contributed by atoms with Gasteiger partial charge >= 0.3 is 0 Å². The number of nitrogens with one attached hydrogen (secondary N) is 1. The third kappa shape index (κ3) is 5.75. The molecule has 0 saturated heterocycles. The highest BCUT2D eigenvalue weighted by Crippen LogP contribution is 2.32. The Morgan fingerprint density at radius 3 is 2.33 bits per heavy atom. The van der Waals surface area contributed by atoms with Gasteiger partial charge in [-0.2, -0.15) is 0 Å². The van der Waals surface area contributed by atoms with E-state index in [1.165, 1.54) is 36.8 Å². The van der Waals surface area contributed by atoms with Gasteiger partial charge in [-0.3, -0.25) is 4.79 Å². The van der Waals surface area contributed by atoms with E-state index in [0.29, 0.717) is 0 Å². The summed E-state index contributed by atoms with van der Waals surface area (Å²) >= 11 is 1.73. The highest BCUT2D eigenvalue weighted by Gasteiger charge is 2.13. The van der Waals surface area contributed by atoms with E-state index in [1.54, 1.807) is 11.3 Å². The number of fused-ring (bicyclic) bond motifs is 2. The zero-order valence-electron chi connectivity index (χ0n) is 18.7. The molecule has 0 spiro atoms. The second-order valence-electron chi connectivity index (χ2n) is 8.04. The maximum Gasteiger partial charge on any atom is 0.197 e. The molecule has 0 bridgehead atoms. The molecule has 3 aromatic rings. The molecule has 0 unspecified atom stereocenters. The van der Waals surface area contributed by atoms with Crippen LogP contribution in [0.15, 0.2) is 35.1 Å². The molecule has 0 atom stereocenters. The third-order valence-corrected chi connectivity index (χ3v) is 6.86. The molecule has 5 heteroatoms. The lowest BCUT2D eigenvalue weighted by Crippen LogP contribution is -2.31. The number of hydrogen-bond acceptors (Lipinski definition) is 4. The number of unbranched alkanes of at least 4 members (excludes halogenated alkanes) is 2. The molecule has 0 aliphatic rings. The predicted octanol–water partition coefficient (Wildman–Crippen LogP) is 6.77. The van der Waals surface area contributed by atoms with Crippen LogP contribution >= 0.6 is 23.7 Å². The van der Waals surface area contributed by atoms with E-state index in [9.17, 15) is 4.79 Å².